The molecule has 1 aliphatic rings. The van der Waals surface area contributed by atoms with Crippen LogP contribution in [0.2, 0.25) is 0 Å². The third kappa shape index (κ3) is 4.58. The smallest absolute Gasteiger partial charge is 0.310 e. The Morgan fingerprint density at radius 3 is 2.70 bits per heavy atom. The molecule has 40 heavy (non-hydrogen) atoms. The van der Waals surface area contributed by atoms with Gasteiger partial charge in [0.2, 0.25) is 10.0 Å². The molecule has 1 aliphatic heterocycles. The molecule has 4 aromatic rings. The minimum Gasteiger partial charge on any atom is -0.481 e. The van der Waals surface area contributed by atoms with Crippen LogP contribution >= 0.6 is 0 Å². The highest BCUT2D eigenvalue weighted by atomic mass is 32.2. The maximum atomic E-state index is 13.7. The fourth-order valence-electron chi connectivity index (χ4n) is 5.71. The zero-order valence-electron chi connectivity index (χ0n) is 23.7. The second-order valence-electron chi connectivity index (χ2n) is 11.3. The fraction of sp³-hybridized carbons (Fsp3) is 0.464. The molecule has 5 rings (SSSR count). The van der Waals surface area contributed by atoms with Gasteiger partial charge in [-0.05, 0) is 75.4 Å². The fourth-order valence-corrected chi connectivity index (χ4v) is 7.43. The highest BCUT2D eigenvalue weighted by Crippen LogP contribution is 2.43. The number of pyridine rings is 1. The molecule has 12 heteroatoms. The van der Waals surface area contributed by atoms with Crippen LogP contribution in [0.15, 0.2) is 41.4 Å². The Hall–Kier alpha value is -3.64. The predicted molar refractivity (Wildman–Crippen MR) is 149 cm³/mol. The van der Waals surface area contributed by atoms with E-state index in [2.05, 4.69) is 15.3 Å². The molecule has 0 radical (unpaired) electrons. The average Bonchev–Trinajstić information content (AvgIpc) is 3.46. The van der Waals surface area contributed by atoms with E-state index in [1.165, 1.54) is 4.31 Å². The van der Waals surface area contributed by atoms with Gasteiger partial charge in [-0.25, -0.2) is 13.1 Å². The first-order valence-corrected chi connectivity index (χ1v) is 14.8. The first-order valence-electron chi connectivity index (χ1n) is 13.4. The number of hydrogen-bond acceptors (Lipinski definition) is 7. The number of aryl methyl sites for hydroxylation is 3. The number of benzene rings is 1. The van der Waals surface area contributed by atoms with E-state index in [1.807, 2.05) is 39.0 Å². The van der Waals surface area contributed by atoms with Crippen molar-refractivity contribution in [2.24, 2.45) is 18.4 Å². The predicted octanol–water partition coefficient (Wildman–Crippen LogP) is 3.51. The van der Waals surface area contributed by atoms with E-state index in [0.717, 1.165) is 22.2 Å². The number of sulfonamides is 1. The average molecular weight is 566 g/mol. The lowest BCUT2D eigenvalue weighted by molar-refractivity contribution is -0.147. The number of aliphatic carboxylic acids is 1. The van der Waals surface area contributed by atoms with Crippen LogP contribution < -0.4 is 0 Å². The van der Waals surface area contributed by atoms with Crippen molar-refractivity contribution in [2.75, 3.05) is 6.54 Å². The minimum absolute atomic E-state index is 0.0724. The molecule has 1 N–H and O–H groups in total. The number of nitrogens with zero attached hydrogens (tertiary/aromatic N) is 7. The van der Waals surface area contributed by atoms with Gasteiger partial charge in [0.1, 0.15) is 10.4 Å². The highest BCUT2D eigenvalue weighted by molar-refractivity contribution is 7.89. The van der Waals surface area contributed by atoms with E-state index in [1.54, 1.807) is 48.6 Å². The SMILES string of the molecule is CCn1nnc2c(C)c([C@@H](c3cc(CN4C[C@@H](C)Cc5ncccc5S4(=O)=O)n(C)n3)C(C)(C)C(=O)O)ccc21. The Morgan fingerprint density at radius 1 is 1.25 bits per heavy atom. The summed E-state index contributed by atoms with van der Waals surface area (Å²) in [6, 6.07) is 8.94. The van der Waals surface area contributed by atoms with Crippen LogP contribution in [0.4, 0.5) is 0 Å². The summed E-state index contributed by atoms with van der Waals surface area (Å²) >= 11 is 0. The van der Waals surface area contributed by atoms with Gasteiger partial charge in [0.25, 0.3) is 0 Å². The van der Waals surface area contributed by atoms with Gasteiger partial charge in [-0.15, -0.1) is 5.10 Å². The van der Waals surface area contributed by atoms with Crippen LogP contribution in [-0.2, 0) is 41.4 Å². The summed E-state index contributed by atoms with van der Waals surface area (Å²) in [4.78, 5) is 17.1. The number of aromatic nitrogens is 6. The van der Waals surface area contributed by atoms with Gasteiger partial charge in [0.15, 0.2) is 0 Å². The molecule has 1 aromatic carbocycles. The minimum atomic E-state index is -3.79. The Labute approximate surface area is 233 Å². The molecule has 0 aliphatic carbocycles. The van der Waals surface area contributed by atoms with Crippen molar-refractivity contribution in [3.63, 3.8) is 0 Å². The maximum absolute atomic E-state index is 13.7. The van der Waals surface area contributed by atoms with E-state index < -0.39 is 27.3 Å². The topological polar surface area (TPSA) is 136 Å². The molecule has 0 unspecified atom stereocenters. The summed E-state index contributed by atoms with van der Waals surface area (Å²) in [5, 5.41) is 23.6. The first kappa shape index (κ1) is 27.9. The Balaban J connectivity index is 1.59. The van der Waals surface area contributed by atoms with Crippen molar-refractivity contribution in [3.8, 4) is 0 Å². The van der Waals surface area contributed by atoms with Gasteiger partial charge in [0.05, 0.1) is 34.6 Å². The van der Waals surface area contributed by atoms with E-state index in [0.29, 0.717) is 36.6 Å². The van der Waals surface area contributed by atoms with E-state index in [-0.39, 0.29) is 17.4 Å². The van der Waals surface area contributed by atoms with E-state index >= 15 is 0 Å². The third-order valence-electron chi connectivity index (χ3n) is 8.02. The lowest BCUT2D eigenvalue weighted by atomic mass is 9.72. The van der Waals surface area contributed by atoms with Gasteiger partial charge in [-0.1, -0.05) is 18.2 Å². The Kier molecular flexibility index (Phi) is 7.03. The maximum Gasteiger partial charge on any atom is 0.310 e. The molecule has 0 bridgehead atoms. The molecular formula is C28H35N7O4S. The van der Waals surface area contributed by atoms with Gasteiger partial charge in [-0.2, -0.15) is 9.40 Å². The molecule has 11 nitrogen and oxygen atoms in total. The van der Waals surface area contributed by atoms with Crippen LogP contribution in [-0.4, -0.2) is 60.1 Å². The standard InChI is InChI=1S/C28H35N7O4S/c1-7-35-23-11-10-20(18(3)26(23)30-32-35)25(28(4,5)27(36)37)22-14-19(33(6)31-22)16-34-15-17(2)13-21-24(40(34,38)39)9-8-12-29-21/h8-12,14,17,25H,7,13,15-16H2,1-6H3,(H,36,37)/t17-,25-/m0/s1. The second kappa shape index (κ2) is 10.1. The molecule has 0 saturated carbocycles. The third-order valence-corrected chi connectivity index (χ3v) is 9.90. The zero-order chi connectivity index (χ0) is 29.0. The Morgan fingerprint density at radius 2 is 2.00 bits per heavy atom. The van der Waals surface area contributed by atoms with Crippen molar-refractivity contribution in [3.05, 3.63) is 64.7 Å². The van der Waals surface area contributed by atoms with Crippen molar-refractivity contribution >= 4 is 27.0 Å². The van der Waals surface area contributed by atoms with Crippen LogP contribution in [0.1, 0.15) is 61.8 Å². The van der Waals surface area contributed by atoms with E-state index in [9.17, 15) is 18.3 Å². The van der Waals surface area contributed by atoms with E-state index in [4.69, 9.17) is 5.10 Å². The number of fused-ring (bicyclic) bond motifs is 2. The molecule has 0 fully saturated rings. The van der Waals surface area contributed by atoms with Crippen LogP contribution in [0.3, 0.4) is 0 Å². The summed E-state index contributed by atoms with van der Waals surface area (Å²) in [6.45, 7) is 10.4. The van der Waals surface area contributed by atoms with Gasteiger partial charge in [0, 0.05) is 32.3 Å². The van der Waals surface area contributed by atoms with Crippen LogP contribution in [0.25, 0.3) is 11.0 Å². The molecule has 2 atom stereocenters. The molecule has 0 amide bonds. The summed E-state index contributed by atoms with van der Waals surface area (Å²) in [6.07, 6.45) is 2.19. The van der Waals surface area contributed by atoms with Crippen molar-refractivity contribution in [1.29, 1.82) is 0 Å². The van der Waals surface area contributed by atoms with Crippen LogP contribution in [0.5, 0.6) is 0 Å². The van der Waals surface area contributed by atoms with Gasteiger partial charge < -0.3 is 5.11 Å². The molecule has 212 valence electrons. The highest BCUT2D eigenvalue weighted by Gasteiger charge is 2.42. The molecule has 0 spiro atoms. The van der Waals surface area contributed by atoms with Crippen molar-refractivity contribution in [2.45, 2.75) is 64.9 Å². The normalized spacial score (nSPS) is 18.4. The monoisotopic (exact) mass is 565 g/mol. The van der Waals surface area contributed by atoms with Gasteiger partial charge >= 0.3 is 5.97 Å². The lowest BCUT2D eigenvalue weighted by Crippen LogP contribution is -2.33. The number of carboxylic acids is 1. The summed E-state index contributed by atoms with van der Waals surface area (Å²) in [5.74, 6) is -1.51. The van der Waals surface area contributed by atoms with Gasteiger partial charge in [-0.3, -0.25) is 14.5 Å². The number of rotatable bonds is 7. The summed E-state index contributed by atoms with van der Waals surface area (Å²) in [7, 11) is -2.03. The number of carboxylic acid groups (broad SMARTS) is 1. The quantitative estimate of drug-likeness (QED) is 0.360. The van der Waals surface area contributed by atoms with Crippen molar-refractivity contribution < 1.29 is 18.3 Å². The van der Waals surface area contributed by atoms with Crippen molar-refractivity contribution in [1.82, 2.24) is 34.1 Å². The number of hydrogen-bond donors (Lipinski definition) is 1. The second-order valence-corrected chi connectivity index (χ2v) is 13.2. The van der Waals surface area contributed by atoms with Crippen LogP contribution in [0, 0.1) is 18.3 Å². The Bertz CT molecular complexity index is 1710. The largest absolute Gasteiger partial charge is 0.481 e. The summed E-state index contributed by atoms with van der Waals surface area (Å²) in [5.41, 5.74) is 3.82. The first-order chi connectivity index (χ1) is 18.9. The molecule has 0 saturated heterocycles. The number of carbonyl (C=O) groups is 1. The molecule has 4 heterocycles. The molecular weight excluding hydrogens is 530 g/mol. The molecule has 3 aromatic heterocycles. The lowest BCUT2D eigenvalue weighted by Gasteiger charge is -2.30. The zero-order valence-corrected chi connectivity index (χ0v) is 24.5. The summed E-state index contributed by atoms with van der Waals surface area (Å²) < 4.78 is 32.2.